The van der Waals surface area contributed by atoms with Crippen LogP contribution in [0.2, 0.25) is 0 Å². The largest absolute Gasteiger partial charge is 0.344 e. The SMILES string of the molecule is CCN(C(=S)N([C]=S)CCCC(C)C)C(C)(C)C. The van der Waals surface area contributed by atoms with Gasteiger partial charge in [0.25, 0.3) is 0 Å². The third-order valence-corrected chi connectivity index (χ3v) is 3.52. The first-order valence-electron chi connectivity index (χ1n) is 6.71. The Bertz CT molecular complexity index is 269. The third-order valence-electron chi connectivity index (χ3n) is 2.86. The molecule has 0 N–H and O–H groups in total. The average Bonchev–Trinajstić information content (AvgIpc) is 2.22. The normalized spacial score (nSPS) is 11.5. The first-order valence-corrected chi connectivity index (χ1v) is 7.52. The van der Waals surface area contributed by atoms with Crippen molar-refractivity contribution in [3.05, 3.63) is 0 Å². The van der Waals surface area contributed by atoms with Crippen LogP contribution in [-0.2, 0) is 0 Å². The van der Waals surface area contributed by atoms with Crippen LogP contribution in [0.25, 0.3) is 0 Å². The van der Waals surface area contributed by atoms with Crippen molar-refractivity contribution in [1.29, 1.82) is 0 Å². The maximum Gasteiger partial charge on any atom is 0.177 e. The fourth-order valence-corrected chi connectivity index (χ4v) is 2.66. The Morgan fingerprint density at radius 1 is 1.28 bits per heavy atom. The molecule has 18 heavy (non-hydrogen) atoms. The smallest absolute Gasteiger partial charge is 0.177 e. The van der Waals surface area contributed by atoms with Crippen molar-refractivity contribution < 1.29 is 0 Å². The van der Waals surface area contributed by atoms with Crippen LogP contribution in [0, 0.1) is 5.92 Å². The van der Waals surface area contributed by atoms with Gasteiger partial charge < -0.3 is 9.80 Å². The van der Waals surface area contributed by atoms with Crippen molar-refractivity contribution in [2.24, 2.45) is 5.92 Å². The van der Waals surface area contributed by atoms with Gasteiger partial charge in [0.05, 0.1) is 0 Å². The van der Waals surface area contributed by atoms with Crippen LogP contribution in [0.15, 0.2) is 0 Å². The monoisotopic (exact) mass is 287 g/mol. The molecule has 0 aliphatic heterocycles. The zero-order chi connectivity index (χ0) is 14.3. The van der Waals surface area contributed by atoms with Crippen molar-refractivity contribution in [1.82, 2.24) is 9.80 Å². The van der Waals surface area contributed by atoms with E-state index in [1.807, 2.05) is 4.90 Å². The van der Waals surface area contributed by atoms with E-state index in [2.05, 4.69) is 51.9 Å². The van der Waals surface area contributed by atoms with E-state index in [4.69, 9.17) is 24.4 Å². The van der Waals surface area contributed by atoms with Crippen LogP contribution in [0.3, 0.4) is 0 Å². The minimum atomic E-state index is 0.0221. The number of thiocarbonyl (C=S) groups is 2. The summed E-state index contributed by atoms with van der Waals surface area (Å²) in [6.45, 7) is 14.8. The molecule has 0 fully saturated rings. The summed E-state index contributed by atoms with van der Waals surface area (Å²) in [6, 6.07) is 0. The lowest BCUT2D eigenvalue weighted by molar-refractivity contribution is 0.232. The van der Waals surface area contributed by atoms with E-state index in [0.717, 1.165) is 30.5 Å². The van der Waals surface area contributed by atoms with E-state index in [1.165, 1.54) is 6.42 Å². The molecule has 2 nitrogen and oxygen atoms in total. The fraction of sp³-hybridized carbons (Fsp3) is 0.857. The van der Waals surface area contributed by atoms with Crippen molar-refractivity contribution in [3.8, 4) is 0 Å². The van der Waals surface area contributed by atoms with Crippen molar-refractivity contribution in [2.75, 3.05) is 13.1 Å². The van der Waals surface area contributed by atoms with E-state index in [-0.39, 0.29) is 5.54 Å². The van der Waals surface area contributed by atoms with Gasteiger partial charge in [-0.25, -0.2) is 0 Å². The van der Waals surface area contributed by atoms with Crippen LogP contribution in [0.5, 0.6) is 0 Å². The molecule has 0 rings (SSSR count). The van der Waals surface area contributed by atoms with E-state index in [1.54, 1.807) is 0 Å². The molecule has 0 spiro atoms. The highest BCUT2D eigenvalue weighted by Gasteiger charge is 2.25. The molecule has 0 amide bonds. The topological polar surface area (TPSA) is 6.48 Å². The van der Waals surface area contributed by atoms with Gasteiger partial charge in [-0.05, 0) is 58.7 Å². The maximum absolute atomic E-state index is 5.55. The molecule has 0 atom stereocenters. The maximum atomic E-state index is 5.55. The van der Waals surface area contributed by atoms with Gasteiger partial charge in [-0.3, -0.25) is 0 Å². The molecule has 0 aromatic carbocycles. The molecule has 0 bridgehead atoms. The zero-order valence-corrected chi connectivity index (χ0v) is 14.2. The minimum absolute atomic E-state index is 0.0221. The summed E-state index contributed by atoms with van der Waals surface area (Å²) in [7, 11) is 0. The molecule has 105 valence electrons. The third kappa shape index (κ3) is 6.10. The molecule has 1 radical (unpaired) electrons. The Morgan fingerprint density at radius 2 is 1.83 bits per heavy atom. The molecular weight excluding hydrogens is 260 g/mol. The molecule has 0 aromatic heterocycles. The van der Waals surface area contributed by atoms with Crippen LogP contribution in [0.1, 0.15) is 54.4 Å². The number of nitrogens with zero attached hydrogens (tertiary/aromatic N) is 2. The summed E-state index contributed by atoms with van der Waals surface area (Å²) >= 11 is 10.5. The first kappa shape index (κ1) is 17.8. The fourth-order valence-electron chi connectivity index (χ4n) is 1.88. The second-order valence-corrected chi connectivity index (χ2v) is 6.52. The molecule has 0 saturated carbocycles. The van der Waals surface area contributed by atoms with Gasteiger partial charge in [-0.2, -0.15) is 0 Å². The molecule has 0 aliphatic carbocycles. The Hall–Kier alpha value is -0.220. The molecule has 0 saturated heterocycles. The van der Waals surface area contributed by atoms with Crippen molar-refractivity contribution >= 4 is 35.0 Å². The Morgan fingerprint density at radius 3 is 2.17 bits per heavy atom. The van der Waals surface area contributed by atoms with E-state index >= 15 is 0 Å². The predicted octanol–water partition coefficient (Wildman–Crippen LogP) is 3.96. The summed E-state index contributed by atoms with van der Waals surface area (Å²) in [5.41, 5.74) is 2.82. The van der Waals surface area contributed by atoms with E-state index < -0.39 is 0 Å². The number of hydrogen-bond donors (Lipinski definition) is 0. The number of rotatable bonds is 6. The molecular formula is C14H27N2S2. The Balaban J connectivity index is 4.54. The van der Waals surface area contributed by atoms with Gasteiger partial charge in [0.2, 0.25) is 0 Å². The predicted molar refractivity (Wildman–Crippen MR) is 88.1 cm³/mol. The standard InChI is InChI=1S/C14H27N2S2/c1-7-16(14(4,5)6)13(18)15(11-17)10-8-9-12(2)3/h12H,7-10H2,1-6H3. The molecule has 0 aliphatic rings. The van der Waals surface area contributed by atoms with Crippen molar-refractivity contribution in [2.45, 2.75) is 59.9 Å². The van der Waals surface area contributed by atoms with E-state index in [9.17, 15) is 0 Å². The van der Waals surface area contributed by atoms with Gasteiger partial charge in [-0.1, -0.05) is 26.1 Å². The van der Waals surface area contributed by atoms with Gasteiger partial charge in [-0.15, -0.1) is 0 Å². The summed E-state index contributed by atoms with van der Waals surface area (Å²) in [4.78, 5) is 4.10. The van der Waals surface area contributed by atoms with Crippen molar-refractivity contribution in [3.63, 3.8) is 0 Å². The summed E-state index contributed by atoms with van der Waals surface area (Å²) in [5.74, 6) is 0.718. The van der Waals surface area contributed by atoms with Crippen LogP contribution < -0.4 is 0 Å². The minimum Gasteiger partial charge on any atom is -0.344 e. The first-order chi connectivity index (χ1) is 8.23. The number of hydrogen-bond acceptors (Lipinski definition) is 2. The lowest BCUT2D eigenvalue weighted by Crippen LogP contribution is -2.51. The van der Waals surface area contributed by atoms with Gasteiger partial charge in [0.1, 0.15) is 5.49 Å². The average molecular weight is 288 g/mol. The summed E-state index contributed by atoms with van der Waals surface area (Å²) in [5, 5.41) is 0.795. The molecule has 4 heteroatoms. The summed E-state index contributed by atoms with van der Waals surface area (Å²) < 4.78 is 0. The Labute approximate surface area is 124 Å². The Kier molecular flexibility index (Phi) is 7.95. The van der Waals surface area contributed by atoms with Gasteiger partial charge >= 0.3 is 0 Å². The highest BCUT2D eigenvalue weighted by molar-refractivity contribution is 7.81. The second-order valence-electron chi connectivity index (χ2n) is 5.98. The van der Waals surface area contributed by atoms with Crippen LogP contribution in [0.4, 0.5) is 0 Å². The molecule has 0 unspecified atom stereocenters. The highest BCUT2D eigenvalue weighted by atomic mass is 32.1. The van der Waals surface area contributed by atoms with Crippen LogP contribution in [-0.4, -0.2) is 39.0 Å². The van der Waals surface area contributed by atoms with E-state index in [0.29, 0.717) is 0 Å². The molecule has 0 heterocycles. The van der Waals surface area contributed by atoms with Crippen LogP contribution >= 0.6 is 24.4 Å². The summed E-state index contributed by atoms with van der Waals surface area (Å²) in [6.07, 6.45) is 2.29. The lowest BCUT2D eigenvalue weighted by atomic mass is 10.1. The second kappa shape index (κ2) is 8.05. The highest BCUT2D eigenvalue weighted by Crippen LogP contribution is 2.16. The quantitative estimate of drug-likeness (QED) is 0.538. The molecule has 0 aromatic rings. The van der Waals surface area contributed by atoms with Gasteiger partial charge in [0, 0.05) is 18.6 Å². The lowest BCUT2D eigenvalue weighted by Gasteiger charge is -2.39. The zero-order valence-electron chi connectivity index (χ0n) is 12.6. The van der Waals surface area contributed by atoms with Gasteiger partial charge in [0.15, 0.2) is 5.11 Å².